The minimum atomic E-state index is -0.425. The Morgan fingerprint density at radius 1 is 1.39 bits per heavy atom. The average molecular weight is 361 g/mol. The van der Waals surface area contributed by atoms with Crippen LogP contribution in [0.1, 0.15) is 5.56 Å². The molecule has 98 valence electrons. The van der Waals surface area contributed by atoms with E-state index in [1.807, 2.05) is 30.3 Å². The largest absolute Gasteiger partial charge is 0.445 e. The van der Waals surface area contributed by atoms with Crippen LogP contribution < -0.4 is 0 Å². The Bertz CT molecular complexity index is 398. The Kier molecular flexibility index (Phi) is 4.82. The van der Waals surface area contributed by atoms with Crippen molar-refractivity contribution in [3.63, 3.8) is 0 Å². The molecule has 1 aliphatic rings. The van der Waals surface area contributed by atoms with Crippen LogP contribution in [0.15, 0.2) is 30.3 Å². The third kappa shape index (κ3) is 3.35. The highest BCUT2D eigenvalue weighted by molar-refractivity contribution is 14.1. The van der Waals surface area contributed by atoms with Gasteiger partial charge in [-0.2, -0.15) is 0 Å². The first-order valence-electron chi connectivity index (χ1n) is 5.90. The van der Waals surface area contributed by atoms with E-state index in [1.165, 1.54) is 0 Å². The van der Waals surface area contributed by atoms with E-state index in [1.54, 1.807) is 4.90 Å². The molecule has 1 aromatic rings. The van der Waals surface area contributed by atoms with Crippen molar-refractivity contribution < 1.29 is 14.6 Å². The van der Waals surface area contributed by atoms with Gasteiger partial charge in [0.2, 0.25) is 0 Å². The number of likely N-dealkylation sites (tertiary alicyclic amines) is 1. The third-order valence-corrected chi connectivity index (χ3v) is 4.20. The number of aliphatic hydroxyl groups excluding tert-OH is 1. The average Bonchev–Trinajstić information content (AvgIpc) is 2.78. The van der Waals surface area contributed by atoms with Crippen molar-refractivity contribution >= 4 is 28.7 Å². The summed E-state index contributed by atoms with van der Waals surface area (Å²) >= 11 is 2.23. The maximum absolute atomic E-state index is 11.8. The molecule has 0 aliphatic carbocycles. The lowest BCUT2D eigenvalue weighted by atomic mass is 10.1. The molecule has 18 heavy (non-hydrogen) atoms. The van der Waals surface area contributed by atoms with Crippen LogP contribution in [0.25, 0.3) is 0 Å². The smallest absolute Gasteiger partial charge is 0.410 e. The number of β-amino-alcohol motifs (C(OH)–C–C–N with tert-alkyl or cyclic N) is 1. The molecule has 2 unspecified atom stereocenters. The number of amides is 1. The number of hydrogen-bond donors (Lipinski definition) is 1. The number of carbonyl (C=O) groups is 1. The van der Waals surface area contributed by atoms with Crippen molar-refractivity contribution in [1.29, 1.82) is 0 Å². The second-order valence-corrected chi connectivity index (χ2v) is 5.31. The summed E-state index contributed by atoms with van der Waals surface area (Å²) in [7, 11) is 0. The Morgan fingerprint density at radius 3 is 2.72 bits per heavy atom. The van der Waals surface area contributed by atoms with Crippen molar-refractivity contribution in [3.05, 3.63) is 35.9 Å². The second kappa shape index (κ2) is 6.38. The second-order valence-electron chi connectivity index (χ2n) is 4.43. The van der Waals surface area contributed by atoms with E-state index < -0.39 is 6.10 Å². The number of ether oxygens (including phenoxy) is 1. The molecule has 1 amide bonds. The highest BCUT2D eigenvalue weighted by atomic mass is 127. The van der Waals surface area contributed by atoms with Crippen molar-refractivity contribution in [2.24, 2.45) is 5.92 Å². The molecule has 0 spiro atoms. The molecule has 1 fully saturated rings. The van der Waals surface area contributed by atoms with Crippen LogP contribution in [0.4, 0.5) is 4.79 Å². The zero-order chi connectivity index (χ0) is 13.0. The van der Waals surface area contributed by atoms with Gasteiger partial charge in [-0.25, -0.2) is 4.79 Å². The number of nitrogens with zero attached hydrogens (tertiary/aromatic N) is 1. The highest BCUT2D eigenvalue weighted by Gasteiger charge is 2.33. The van der Waals surface area contributed by atoms with Gasteiger partial charge in [0.1, 0.15) is 6.61 Å². The summed E-state index contributed by atoms with van der Waals surface area (Å²) in [5.74, 6) is 0.162. The topological polar surface area (TPSA) is 49.8 Å². The van der Waals surface area contributed by atoms with Gasteiger partial charge >= 0.3 is 6.09 Å². The first kappa shape index (κ1) is 13.6. The van der Waals surface area contributed by atoms with E-state index >= 15 is 0 Å². The molecule has 5 heteroatoms. The predicted molar refractivity (Wildman–Crippen MR) is 76.6 cm³/mol. The molecular formula is C13H16INO3. The molecule has 4 nitrogen and oxygen atoms in total. The summed E-state index contributed by atoms with van der Waals surface area (Å²) in [5.41, 5.74) is 0.969. The Balaban J connectivity index is 1.82. The fraction of sp³-hybridized carbons (Fsp3) is 0.462. The van der Waals surface area contributed by atoms with Gasteiger partial charge in [0.05, 0.1) is 12.6 Å². The number of benzene rings is 1. The molecule has 1 aromatic carbocycles. The SMILES string of the molecule is O=C(OCc1ccccc1)N1CC(O)C(CI)C1. The van der Waals surface area contributed by atoms with Crippen molar-refractivity contribution in [3.8, 4) is 0 Å². The summed E-state index contributed by atoms with van der Waals surface area (Å²) in [4.78, 5) is 13.4. The molecule has 2 rings (SSSR count). The molecular weight excluding hydrogens is 345 g/mol. The first-order chi connectivity index (χ1) is 8.70. The lowest BCUT2D eigenvalue weighted by Crippen LogP contribution is -2.30. The summed E-state index contributed by atoms with van der Waals surface area (Å²) in [6, 6.07) is 9.58. The lowest BCUT2D eigenvalue weighted by Gasteiger charge is -2.15. The molecule has 0 aromatic heterocycles. The van der Waals surface area contributed by atoms with Crippen LogP contribution >= 0.6 is 22.6 Å². The monoisotopic (exact) mass is 361 g/mol. The van der Waals surface area contributed by atoms with Crippen LogP contribution in [0, 0.1) is 5.92 Å². The molecule has 0 bridgehead atoms. The number of carbonyl (C=O) groups excluding carboxylic acids is 1. The van der Waals surface area contributed by atoms with Crippen LogP contribution in [-0.4, -0.2) is 39.7 Å². The Morgan fingerprint density at radius 2 is 2.11 bits per heavy atom. The zero-order valence-electron chi connectivity index (χ0n) is 9.96. The van der Waals surface area contributed by atoms with E-state index in [-0.39, 0.29) is 18.6 Å². The van der Waals surface area contributed by atoms with Crippen LogP contribution in [0.5, 0.6) is 0 Å². The van der Waals surface area contributed by atoms with Gasteiger partial charge < -0.3 is 14.7 Å². The minimum absolute atomic E-state index is 0.162. The summed E-state index contributed by atoms with van der Waals surface area (Å²) in [5, 5.41) is 9.74. The normalized spacial score (nSPS) is 23.1. The van der Waals surface area contributed by atoms with Crippen LogP contribution in [-0.2, 0) is 11.3 Å². The van der Waals surface area contributed by atoms with Gasteiger partial charge in [0, 0.05) is 16.9 Å². The molecule has 0 saturated carbocycles. The Hall–Kier alpha value is -0.820. The number of aliphatic hydroxyl groups is 1. The molecule has 1 saturated heterocycles. The predicted octanol–water partition coefficient (Wildman–Crippen LogP) is 2.05. The van der Waals surface area contributed by atoms with Crippen molar-refractivity contribution in [1.82, 2.24) is 4.90 Å². The van der Waals surface area contributed by atoms with E-state index in [0.29, 0.717) is 13.1 Å². The molecule has 1 aliphatic heterocycles. The lowest BCUT2D eigenvalue weighted by molar-refractivity contribution is 0.0969. The van der Waals surface area contributed by atoms with E-state index in [2.05, 4.69) is 22.6 Å². The maximum atomic E-state index is 11.8. The number of alkyl halides is 1. The van der Waals surface area contributed by atoms with Gasteiger partial charge in [-0.1, -0.05) is 52.9 Å². The number of hydrogen-bond acceptors (Lipinski definition) is 3. The summed E-state index contributed by atoms with van der Waals surface area (Å²) in [6.45, 7) is 1.24. The van der Waals surface area contributed by atoms with E-state index in [0.717, 1.165) is 9.99 Å². The number of halogens is 1. The molecule has 2 atom stereocenters. The first-order valence-corrected chi connectivity index (χ1v) is 7.43. The minimum Gasteiger partial charge on any atom is -0.445 e. The quantitative estimate of drug-likeness (QED) is 0.662. The van der Waals surface area contributed by atoms with Crippen LogP contribution in [0.3, 0.4) is 0 Å². The third-order valence-electron chi connectivity index (χ3n) is 3.07. The highest BCUT2D eigenvalue weighted by Crippen LogP contribution is 2.20. The van der Waals surface area contributed by atoms with Gasteiger partial charge in [-0.15, -0.1) is 0 Å². The van der Waals surface area contributed by atoms with E-state index in [9.17, 15) is 9.90 Å². The van der Waals surface area contributed by atoms with Gasteiger partial charge in [-0.05, 0) is 5.56 Å². The van der Waals surface area contributed by atoms with E-state index in [4.69, 9.17) is 4.74 Å². The van der Waals surface area contributed by atoms with Crippen molar-refractivity contribution in [2.75, 3.05) is 17.5 Å². The van der Waals surface area contributed by atoms with Gasteiger partial charge in [-0.3, -0.25) is 0 Å². The van der Waals surface area contributed by atoms with Gasteiger partial charge in [0.15, 0.2) is 0 Å². The zero-order valence-corrected chi connectivity index (χ0v) is 12.1. The molecule has 1 heterocycles. The fourth-order valence-corrected chi connectivity index (χ4v) is 2.83. The molecule has 0 radical (unpaired) electrons. The Labute approximate surface area is 120 Å². The van der Waals surface area contributed by atoms with Crippen LogP contribution in [0.2, 0.25) is 0 Å². The van der Waals surface area contributed by atoms with Crippen molar-refractivity contribution in [2.45, 2.75) is 12.7 Å². The maximum Gasteiger partial charge on any atom is 0.410 e. The van der Waals surface area contributed by atoms with Gasteiger partial charge in [0.25, 0.3) is 0 Å². The number of rotatable bonds is 3. The summed E-state index contributed by atoms with van der Waals surface area (Å²) < 4.78 is 6.08. The fourth-order valence-electron chi connectivity index (χ4n) is 1.97. The standard InChI is InChI=1S/C13H16INO3/c14-6-11-7-15(8-12(11)16)13(17)18-9-10-4-2-1-3-5-10/h1-5,11-12,16H,6-9H2. The molecule has 1 N–H and O–H groups in total. The summed E-state index contributed by atoms with van der Waals surface area (Å²) in [6.07, 6.45) is -0.767.